The van der Waals surface area contributed by atoms with E-state index in [1.54, 1.807) is 6.20 Å². The fraction of sp³-hybridized carbons (Fsp3) is 0.105. The van der Waals surface area contributed by atoms with Crippen LogP contribution in [0.25, 0.3) is 0 Å². The second-order valence-corrected chi connectivity index (χ2v) is 5.02. The first-order valence-corrected chi connectivity index (χ1v) is 7.29. The molecule has 22 heavy (non-hydrogen) atoms. The smallest absolute Gasteiger partial charge is 0.130 e. The van der Waals surface area contributed by atoms with Crippen molar-refractivity contribution in [2.45, 2.75) is 13.2 Å². The van der Waals surface area contributed by atoms with Crippen LogP contribution in [0.5, 0.6) is 0 Å². The number of rotatable bonds is 6. The molecule has 0 aliphatic carbocycles. The van der Waals surface area contributed by atoms with Gasteiger partial charge in [-0.3, -0.25) is 0 Å². The van der Waals surface area contributed by atoms with Gasteiger partial charge in [0.05, 0.1) is 13.2 Å². The van der Waals surface area contributed by atoms with Gasteiger partial charge in [0.1, 0.15) is 5.82 Å². The van der Waals surface area contributed by atoms with E-state index in [9.17, 15) is 0 Å². The van der Waals surface area contributed by atoms with Gasteiger partial charge in [0.25, 0.3) is 0 Å². The third-order valence-electron chi connectivity index (χ3n) is 3.24. The van der Waals surface area contributed by atoms with E-state index >= 15 is 0 Å². The first kappa shape index (κ1) is 14.3. The molecule has 0 amide bonds. The van der Waals surface area contributed by atoms with Gasteiger partial charge >= 0.3 is 0 Å². The van der Waals surface area contributed by atoms with Crippen molar-refractivity contribution in [1.82, 2.24) is 4.98 Å². The maximum Gasteiger partial charge on any atom is 0.130 e. The third kappa shape index (κ3) is 4.17. The van der Waals surface area contributed by atoms with Gasteiger partial charge in [-0.15, -0.1) is 0 Å². The molecule has 0 atom stereocenters. The van der Waals surface area contributed by atoms with Crippen molar-refractivity contribution >= 4 is 11.5 Å². The van der Waals surface area contributed by atoms with Crippen LogP contribution in [-0.2, 0) is 18.0 Å². The van der Waals surface area contributed by atoms with Crippen molar-refractivity contribution in [3.8, 4) is 0 Å². The maximum atomic E-state index is 5.77. The molecule has 3 rings (SSSR count). The predicted molar refractivity (Wildman–Crippen MR) is 88.9 cm³/mol. The zero-order valence-electron chi connectivity index (χ0n) is 12.3. The monoisotopic (exact) mass is 290 g/mol. The number of hydrogen-bond acceptors (Lipinski definition) is 3. The Kier molecular flexibility index (Phi) is 4.80. The summed E-state index contributed by atoms with van der Waals surface area (Å²) in [6.07, 6.45) is 1.77. The maximum absolute atomic E-state index is 5.77. The molecular weight excluding hydrogens is 272 g/mol. The summed E-state index contributed by atoms with van der Waals surface area (Å²) in [7, 11) is 0. The highest BCUT2D eigenvalue weighted by atomic mass is 16.5. The van der Waals surface area contributed by atoms with Gasteiger partial charge in [0.15, 0.2) is 0 Å². The molecule has 110 valence electrons. The van der Waals surface area contributed by atoms with Crippen LogP contribution in [0.15, 0.2) is 79.0 Å². The molecule has 0 unspecified atom stereocenters. The van der Waals surface area contributed by atoms with Crippen LogP contribution in [0.2, 0.25) is 0 Å². The Hall–Kier alpha value is -2.65. The van der Waals surface area contributed by atoms with Gasteiger partial charge in [-0.2, -0.15) is 0 Å². The largest absolute Gasteiger partial charge is 0.372 e. The number of benzene rings is 2. The fourth-order valence-corrected chi connectivity index (χ4v) is 2.18. The second kappa shape index (κ2) is 7.38. The topological polar surface area (TPSA) is 34.1 Å². The summed E-state index contributed by atoms with van der Waals surface area (Å²) in [5.74, 6) is 0.838. The summed E-state index contributed by atoms with van der Waals surface area (Å²) in [5.41, 5.74) is 3.33. The summed E-state index contributed by atoms with van der Waals surface area (Å²) in [4.78, 5) is 4.26. The molecular formula is C19H18N2O. The lowest BCUT2D eigenvalue weighted by Gasteiger charge is -2.08. The van der Waals surface area contributed by atoms with Gasteiger partial charge < -0.3 is 10.1 Å². The lowest BCUT2D eigenvalue weighted by Crippen LogP contribution is -1.96. The molecule has 0 spiro atoms. The van der Waals surface area contributed by atoms with E-state index in [1.807, 2.05) is 48.5 Å². The van der Waals surface area contributed by atoms with Crippen LogP contribution < -0.4 is 5.32 Å². The van der Waals surface area contributed by atoms with E-state index in [-0.39, 0.29) is 0 Å². The van der Waals surface area contributed by atoms with E-state index in [0.29, 0.717) is 13.2 Å². The highest BCUT2D eigenvalue weighted by Gasteiger charge is 1.99. The molecule has 1 aromatic heterocycles. The van der Waals surface area contributed by atoms with E-state index in [0.717, 1.165) is 17.1 Å². The van der Waals surface area contributed by atoms with E-state index in [2.05, 4.69) is 34.6 Å². The van der Waals surface area contributed by atoms with Crippen LogP contribution >= 0.6 is 0 Å². The number of pyridine rings is 1. The predicted octanol–water partition coefficient (Wildman–Crippen LogP) is 4.54. The fourth-order valence-electron chi connectivity index (χ4n) is 2.18. The minimum absolute atomic E-state index is 0.590. The van der Waals surface area contributed by atoms with Gasteiger partial charge in [0.2, 0.25) is 0 Å². The summed E-state index contributed by atoms with van der Waals surface area (Å²) >= 11 is 0. The lowest BCUT2D eigenvalue weighted by atomic mass is 10.2. The normalized spacial score (nSPS) is 10.4. The molecule has 0 bridgehead atoms. The third-order valence-corrected chi connectivity index (χ3v) is 3.24. The van der Waals surface area contributed by atoms with Gasteiger partial charge in [-0.25, -0.2) is 4.98 Å². The molecule has 3 heteroatoms. The minimum atomic E-state index is 0.590. The van der Waals surface area contributed by atoms with Crippen molar-refractivity contribution in [3.05, 3.63) is 90.1 Å². The van der Waals surface area contributed by atoms with Crippen LogP contribution in [-0.4, -0.2) is 4.98 Å². The number of nitrogens with one attached hydrogen (secondary N) is 1. The van der Waals surface area contributed by atoms with Crippen LogP contribution in [0, 0.1) is 0 Å². The van der Waals surface area contributed by atoms with Crippen molar-refractivity contribution in [2.24, 2.45) is 0 Å². The van der Waals surface area contributed by atoms with Crippen molar-refractivity contribution in [3.63, 3.8) is 0 Å². The zero-order valence-corrected chi connectivity index (χ0v) is 12.3. The molecule has 2 aromatic carbocycles. The van der Waals surface area contributed by atoms with Crippen LogP contribution in [0.4, 0.5) is 11.5 Å². The molecule has 0 radical (unpaired) electrons. The lowest BCUT2D eigenvalue weighted by molar-refractivity contribution is 0.107. The Labute approximate surface area is 130 Å². The van der Waals surface area contributed by atoms with Crippen LogP contribution in [0.3, 0.4) is 0 Å². The Balaban J connectivity index is 1.57. The highest BCUT2D eigenvalue weighted by Crippen LogP contribution is 2.16. The van der Waals surface area contributed by atoms with Crippen molar-refractivity contribution in [1.29, 1.82) is 0 Å². The Morgan fingerprint density at radius 3 is 2.36 bits per heavy atom. The first-order valence-electron chi connectivity index (χ1n) is 7.29. The molecule has 0 saturated heterocycles. The second-order valence-electron chi connectivity index (χ2n) is 5.02. The zero-order chi connectivity index (χ0) is 15.0. The van der Waals surface area contributed by atoms with E-state index in [4.69, 9.17) is 4.74 Å². The number of hydrogen-bond donors (Lipinski definition) is 1. The van der Waals surface area contributed by atoms with Crippen molar-refractivity contribution < 1.29 is 4.74 Å². The molecule has 1 heterocycles. The number of aromatic nitrogens is 1. The highest BCUT2D eigenvalue weighted by molar-refractivity contribution is 5.56. The van der Waals surface area contributed by atoms with Gasteiger partial charge in [-0.05, 0) is 35.4 Å². The molecule has 0 saturated carbocycles. The molecule has 0 fully saturated rings. The molecule has 0 aliphatic rings. The quantitative estimate of drug-likeness (QED) is 0.723. The molecule has 3 nitrogen and oxygen atoms in total. The summed E-state index contributed by atoms with van der Waals surface area (Å²) in [5, 5.41) is 3.29. The average molecular weight is 290 g/mol. The standard InChI is InChI=1S/C19H18N2O/c1-2-7-16(8-3-1)14-22-15-17-9-6-10-18(13-17)21-19-11-4-5-12-20-19/h1-13H,14-15H2,(H,20,21). The summed E-state index contributed by atoms with van der Waals surface area (Å²) in [6, 6.07) is 24.2. The minimum Gasteiger partial charge on any atom is -0.372 e. The van der Waals surface area contributed by atoms with E-state index in [1.165, 1.54) is 5.56 Å². The first-order chi connectivity index (χ1) is 10.9. The number of nitrogens with zero attached hydrogens (tertiary/aromatic N) is 1. The van der Waals surface area contributed by atoms with Gasteiger partial charge in [-0.1, -0.05) is 48.5 Å². The Bertz CT molecular complexity index is 699. The average Bonchev–Trinajstić information content (AvgIpc) is 2.57. The Morgan fingerprint density at radius 2 is 1.55 bits per heavy atom. The Morgan fingerprint density at radius 1 is 0.773 bits per heavy atom. The van der Waals surface area contributed by atoms with E-state index < -0.39 is 0 Å². The van der Waals surface area contributed by atoms with Gasteiger partial charge in [0, 0.05) is 11.9 Å². The molecule has 3 aromatic rings. The molecule has 0 aliphatic heterocycles. The number of ether oxygens (including phenoxy) is 1. The van der Waals surface area contributed by atoms with Crippen LogP contribution in [0.1, 0.15) is 11.1 Å². The van der Waals surface area contributed by atoms with Crippen molar-refractivity contribution in [2.75, 3.05) is 5.32 Å². The summed E-state index contributed by atoms with van der Waals surface area (Å²) in [6.45, 7) is 1.21. The SMILES string of the molecule is c1ccc(COCc2cccc(Nc3ccccn3)c2)cc1. The summed E-state index contributed by atoms with van der Waals surface area (Å²) < 4.78 is 5.77. The molecule has 1 N–H and O–H groups in total. The number of anilines is 2.